The van der Waals surface area contributed by atoms with Crippen molar-refractivity contribution in [3.63, 3.8) is 0 Å². The Morgan fingerprint density at radius 1 is 1.27 bits per heavy atom. The SMILES string of the molecule is CS(=O)(=O)C1(C(=O)Nc2cncc(C(F)(F)F)c2)CCCC1. The summed E-state index contributed by atoms with van der Waals surface area (Å²) >= 11 is 0. The quantitative estimate of drug-likeness (QED) is 0.919. The summed E-state index contributed by atoms with van der Waals surface area (Å²) in [5.41, 5.74) is -1.18. The molecule has 5 nitrogen and oxygen atoms in total. The van der Waals surface area contributed by atoms with Crippen LogP contribution in [-0.2, 0) is 20.8 Å². The van der Waals surface area contributed by atoms with Gasteiger partial charge in [0.25, 0.3) is 0 Å². The zero-order chi connectivity index (χ0) is 16.6. The molecule has 0 saturated heterocycles. The molecule has 0 bridgehead atoms. The van der Waals surface area contributed by atoms with E-state index in [4.69, 9.17) is 0 Å². The third-order valence-corrected chi connectivity index (χ3v) is 5.87. The van der Waals surface area contributed by atoms with Gasteiger partial charge in [-0.2, -0.15) is 13.2 Å². The number of halogens is 3. The highest BCUT2D eigenvalue weighted by Crippen LogP contribution is 2.38. The number of nitrogens with zero attached hydrogens (tertiary/aromatic N) is 1. The van der Waals surface area contributed by atoms with Crippen LogP contribution in [0.1, 0.15) is 31.2 Å². The maximum Gasteiger partial charge on any atom is 0.417 e. The predicted molar refractivity (Wildman–Crippen MR) is 73.9 cm³/mol. The molecule has 1 aromatic heterocycles. The highest BCUT2D eigenvalue weighted by atomic mass is 32.2. The van der Waals surface area contributed by atoms with Crippen molar-refractivity contribution in [1.82, 2.24) is 4.98 Å². The van der Waals surface area contributed by atoms with Gasteiger partial charge in [0.15, 0.2) is 14.6 Å². The molecule has 1 aliphatic rings. The lowest BCUT2D eigenvalue weighted by atomic mass is 10.1. The minimum absolute atomic E-state index is 0.171. The second-order valence-electron chi connectivity index (χ2n) is 5.39. The van der Waals surface area contributed by atoms with E-state index < -0.39 is 32.2 Å². The van der Waals surface area contributed by atoms with Crippen LogP contribution in [0, 0.1) is 0 Å². The Balaban J connectivity index is 2.29. The first kappa shape index (κ1) is 16.7. The lowest BCUT2D eigenvalue weighted by Gasteiger charge is -2.25. The van der Waals surface area contributed by atoms with Crippen molar-refractivity contribution in [2.45, 2.75) is 36.6 Å². The Hall–Kier alpha value is -1.64. The number of carbonyl (C=O) groups is 1. The molecule has 2 rings (SSSR count). The third-order valence-electron chi connectivity index (χ3n) is 3.86. The molecule has 0 unspecified atom stereocenters. The van der Waals surface area contributed by atoms with Crippen LogP contribution < -0.4 is 5.32 Å². The molecule has 0 atom stereocenters. The normalized spacial score (nSPS) is 18.2. The van der Waals surface area contributed by atoms with Gasteiger partial charge in [-0.15, -0.1) is 0 Å². The highest BCUT2D eigenvalue weighted by molar-refractivity contribution is 7.92. The fourth-order valence-electron chi connectivity index (χ4n) is 2.62. The van der Waals surface area contributed by atoms with E-state index in [-0.39, 0.29) is 18.5 Å². The van der Waals surface area contributed by atoms with Gasteiger partial charge in [0.2, 0.25) is 5.91 Å². The Bertz CT molecular complexity index is 680. The predicted octanol–water partition coefficient (Wildman–Crippen LogP) is 2.40. The molecule has 0 radical (unpaired) electrons. The number of pyridine rings is 1. The summed E-state index contributed by atoms with van der Waals surface area (Å²) in [5, 5.41) is 2.26. The van der Waals surface area contributed by atoms with Crippen molar-refractivity contribution in [2.24, 2.45) is 0 Å². The number of nitrogens with one attached hydrogen (secondary N) is 1. The van der Waals surface area contributed by atoms with Crippen LogP contribution in [0.5, 0.6) is 0 Å². The van der Waals surface area contributed by atoms with Crippen molar-refractivity contribution in [1.29, 1.82) is 0 Å². The molecule has 0 spiro atoms. The number of sulfone groups is 1. The van der Waals surface area contributed by atoms with Gasteiger partial charge >= 0.3 is 6.18 Å². The first-order valence-electron chi connectivity index (χ1n) is 6.59. The van der Waals surface area contributed by atoms with E-state index in [9.17, 15) is 26.4 Å². The second kappa shape index (κ2) is 5.53. The average Bonchev–Trinajstić information content (AvgIpc) is 2.88. The average molecular weight is 336 g/mol. The molecule has 122 valence electrons. The monoisotopic (exact) mass is 336 g/mol. The van der Waals surface area contributed by atoms with E-state index in [1.54, 1.807) is 0 Å². The Labute approximate surface area is 125 Å². The number of carbonyl (C=O) groups excluding carboxylic acids is 1. The molecular weight excluding hydrogens is 321 g/mol. The van der Waals surface area contributed by atoms with E-state index in [0.717, 1.165) is 18.5 Å². The van der Waals surface area contributed by atoms with Gasteiger partial charge < -0.3 is 5.32 Å². The number of rotatable bonds is 3. The zero-order valence-electron chi connectivity index (χ0n) is 11.8. The lowest BCUT2D eigenvalue weighted by Crippen LogP contribution is -2.47. The molecule has 9 heteroatoms. The fourth-order valence-corrected chi connectivity index (χ4v) is 4.04. The van der Waals surface area contributed by atoms with Crippen LogP contribution >= 0.6 is 0 Å². The number of alkyl halides is 3. The molecule has 0 aliphatic heterocycles. The van der Waals surface area contributed by atoms with Crippen LogP contribution in [0.2, 0.25) is 0 Å². The largest absolute Gasteiger partial charge is 0.417 e. The third kappa shape index (κ3) is 3.08. The van der Waals surface area contributed by atoms with Gasteiger partial charge in [-0.3, -0.25) is 9.78 Å². The van der Waals surface area contributed by atoms with Gasteiger partial charge in [0.05, 0.1) is 17.4 Å². The summed E-state index contributed by atoms with van der Waals surface area (Å²) in [7, 11) is -3.68. The van der Waals surface area contributed by atoms with Crippen molar-refractivity contribution in [3.05, 3.63) is 24.0 Å². The number of hydrogen-bond acceptors (Lipinski definition) is 4. The summed E-state index contributed by atoms with van der Waals surface area (Å²) in [6.07, 6.45) is -0.412. The minimum Gasteiger partial charge on any atom is -0.323 e. The number of amides is 1. The van der Waals surface area contributed by atoms with Crippen LogP contribution in [0.15, 0.2) is 18.5 Å². The second-order valence-corrected chi connectivity index (χ2v) is 7.71. The summed E-state index contributed by atoms with van der Waals surface area (Å²) in [6, 6.07) is 0.732. The van der Waals surface area contributed by atoms with Gasteiger partial charge in [-0.1, -0.05) is 12.8 Å². The van der Waals surface area contributed by atoms with Crippen molar-refractivity contribution >= 4 is 21.4 Å². The maximum atomic E-state index is 12.6. The molecule has 1 heterocycles. The Morgan fingerprint density at radius 2 is 1.86 bits per heavy atom. The number of aromatic nitrogens is 1. The van der Waals surface area contributed by atoms with Gasteiger partial charge in [-0.05, 0) is 18.9 Å². The first-order valence-corrected chi connectivity index (χ1v) is 8.49. The van der Waals surface area contributed by atoms with Crippen LogP contribution in [-0.4, -0.2) is 30.3 Å². The van der Waals surface area contributed by atoms with E-state index in [0.29, 0.717) is 19.0 Å². The summed E-state index contributed by atoms with van der Waals surface area (Å²) in [5.74, 6) is -0.798. The molecule has 0 aromatic carbocycles. The van der Waals surface area contributed by atoms with Gasteiger partial charge in [0.1, 0.15) is 0 Å². The molecule has 1 aromatic rings. The van der Waals surface area contributed by atoms with Crippen molar-refractivity contribution < 1.29 is 26.4 Å². The molecule has 1 N–H and O–H groups in total. The van der Waals surface area contributed by atoms with Crippen molar-refractivity contribution in [3.8, 4) is 0 Å². The van der Waals surface area contributed by atoms with Crippen molar-refractivity contribution in [2.75, 3.05) is 11.6 Å². The zero-order valence-corrected chi connectivity index (χ0v) is 12.6. The van der Waals surface area contributed by atoms with E-state index in [2.05, 4.69) is 10.3 Å². The summed E-state index contributed by atoms with van der Waals surface area (Å²) in [4.78, 5) is 15.8. The van der Waals surface area contributed by atoms with Gasteiger partial charge in [0, 0.05) is 12.5 Å². The summed E-state index contributed by atoms with van der Waals surface area (Å²) < 4.78 is 60.2. The molecule has 1 aliphatic carbocycles. The van der Waals surface area contributed by atoms with E-state index in [1.165, 1.54) is 0 Å². The highest BCUT2D eigenvalue weighted by Gasteiger charge is 2.50. The number of hydrogen-bond donors (Lipinski definition) is 1. The van der Waals surface area contributed by atoms with E-state index >= 15 is 0 Å². The van der Waals surface area contributed by atoms with E-state index in [1.807, 2.05) is 0 Å². The molecule has 22 heavy (non-hydrogen) atoms. The Morgan fingerprint density at radius 3 is 2.36 bits per heavy atom. The standard InChI is InChI=1S/C13H15F3N2O3S/c1-22(20,21)12(4-2-3-5-12)11(19)18-10-6-9(7-17-8-10)13(14,15)16/h6-8H,2-5H2,1H3,(H,18,19). The molecular formula is C13H15F3N2O3S. The van der Waals surface area contributed by atoms with Crippen LogP contribution in [0.25, 0.3) is 0 Å². The van der Waals surface area contributed by atoms with Crippen LogP contribution in [0.3, 0.4) is 0 Å². The molecule has 1 saturated carbocycles. The molecule has 1 amide bonds. The lowest BCUT2D eigenvalue weighted by molar-refractivity contribution is -0.137. The first-order chi connectivity index (χ1) is 10.1. The smallest absolute Gasteiger partial charge is 0.323 e. The maximum absolute atomic E-state index is 12.6. The molecule has 1 fully saturated rings. The topological polar surface area (TPSA) is 76.1 Å². The minimum atomic E-state index is -4.59. The van der Waals surface area contributed by atoms with Gasteiger partial charge in [-0.25, -0.2) is 8.42 Å². The number of anilines is 1. The van der Waals surface area contributed by atoms with Crippen LogP contribution in [0.4, 0.5) is 18.9 Å². The fraction of sp³-hybridized carbons (Fsp3) is 0.538. The summed E-state index contributed by atoms with van der Waals surface area (Å²) in [6.45, 7) is 0. The Kier molecular flexibility index (Phi) is 4.20.